The van der Waals surface area contributed by atoms with Gasteiger partial charge in [-0.3, -0.25) is 28.8 Å². The zero-order valence-electron chi connectivity index (χ0n) is 20.3. The predicted molar refractivity (Wildman–Crippen MR) is 149 cm³/mol. The van der Waals surface area contributed by atoms with E-state index in [0.717, 1.165) is 0 Å². The third kappa shape index (κ3) is 4.93. The van der Waals surface area contributed by atoms with Crippen molar-refractivity contribution < 1.29 is 28.8 Å². The molecule has 4 aromatic carbocycles. The van der Waals surface area contributed by atoms with Crippen LogP contribution in [0.3, 0.4) is 0 Å². The quantitative estimate of drug-likeness (QED) is 0.251. The van der Waals surface area contributed by atoms with Crippen LogP contribution in [-0.2, 0) is 0 Å². The topological polar surface area (TPSA) is 126 Å². The molecule has 0 bridgehead atoms. The molecule has 0 aliphatic heterocycles. The van der Waals surface area contributed by atoms with Crippen molar-refractivity contribution in [2.24, 2.45) is 0 Å². The lowest BCUT2D eigenvalue weighted by atomic mass is 9.82. The molecule has 0 unspecified atom stereocenters. The number of benzene rings is 4. The van der Waals surface area contributed by atoms with Gasteiger partial charge in [0.2, 0.25) is 0 Å². The molecule has 1 aliphatic carbocycles. The van der Waals surface area contributed by atoms with Gasteiger partial charge in [-0.25, -0.2) is 0 Å². The van der Waals surface area contributed by atoms with Crippen LogP contribution < -0.4 is 10.6 Å². The van der Waals surface area contributed by atoms with Crippen molar-refractivity contribution in [3.63, 3.8) is 0 Å². The van der Waals surface area contributed by atoms with Crippen LogP contribution in [0.5, 0.6) is 0 Å². The van der Waals surface area contributed by atoms with Crippen LogP contribution in [0.25, 0.3) is 0 Å². The molecule has 2 N–H and O–H groups in total. The largest absolute Gasteiger partial charge is 0.321 e. The van der Waals surface area contributed by atoms with E-state index in [1.807, 2.05) is 0 Å². The molecular weight excluding hydrogens is 555 g/mol. The number of hydrogen-bond acceptors (Lipinski definition) is 6. The standard InChI is InChI=1S/C30H16Cl2N2O6/c31-27(37)15-5-9-17(10-6-15)29(39)33-21-13-14-22(34-30(40)18-11-7-16(8-12-18)28(32)38)24-23(21)25(35)19-3-1-2-4-20(19)26(24)36/h1-14H,(H,33,39)(H,34,40). The highest BCUT2D eigenvalue weighted by molar-refractivity contribution is 6.68. The summed E-state index contributed by atoms with van der Waals surface area (Å²) in [5, 5.41) is 3.97. The Morgan fingerprint density at radius 1 is 0.475 bits per heavy atom. The number of rotatable bonds is 6. The van der Waals surface area contributed by atoms with E-state index >= 15 is 0 Å². The van der Waals surface area contributed by atoms with Gasteiger partial charge in [0.1, 0.15) is 0 Å². The van der Waals surface area contributed by atoms with Gasteiger partial charge in [0, 0.05) is 33.4 Å². The Bertz CT molecular complexity index is 1630. The molecule has 196 valence electrons. The van der Waals surface area contributed by atoms with E-state index in [1.165, 1.54) is 72.8 Å². The second kappa shape index (κ2) is 10.7. The molecule has 8 nitrogen and oxygen atoms in total. The van der Waals surface area contributed by atoms with Gasteiger partial charge in [-0.15, -0.1) is 0 Å². The molecule has 5 rings (SSSR count). The van der Waals surface area contributed by atoms with Crippen molar-refractivity contribution in [3.8, 4) is 0 Å². The summed E-state index contributed by atoms with van der Waals surface area (Å²) in [4.78, 5) is 75.9. The fraction of sp³-hybridized carbons (Fsp3) is 0. The zero-order valence-corrected chi connectivity index (χ0v) is 21.8. The van der Waals surface area contributed by atoms with Crippen LogP contribution in [0.2, 0.25) is 0 Å². The maximum Gasteiger partial charge on any atom is 0.255 e. The highest BCUT2D eigenvalue weighted by Crippen LogP contribution is 2.37. The van der Waals surface area contributed by atoms with Crippen molar-refractivity contribution in [1.82, 2.24) is 0 Å². The van der Waals surface area contributed by atoms with Gasteiger partial charge in [-0.1, -0.05) is 24.3 Å². The molecule has 2 amide bonds. The van der Waals surface area contributed by atoms with Gasteiger partial charge in [0.15, 0.2) is 11.6 Å². The third-order valence-corrected chi connectivity index (χ3v) is 6.76. The first-order valence-corrected chi connectivity index (χ1v) is 12.5. The molecule has 0 heterocycles. The number of anilines is 2. The summed E-state index contributed by atoms with van der Waals surface area (Å²) in [5.41, 5.74) is 1.06. The summed E-state index contributed by atoms with van der Waals surface area (Å²) in [6.45, 7) is 0. The Kier molecular flexibility index (Phi) is 7.13. The van der Waals surface area contributed by atoms with Crippen LogP contribution in [-0.4, -0.2) is 33.9 Å². The van der Waals surface area contributed by atoms with Crippen LogP contribution in [0.15, 0.2) is 84.9 Å². The Balaban J connectivity index is 1.54. The van der Waals surface area contributed by atoms with Crippen molar-refractivity contribution in [2.45, 2.75) is 0 Å². The number of amides is 2. The van der Waals surface area contributed by atoms with Crippen LogP contribution in [0, 0.1) is 0 Å². The molecule has 1 aliphatic rings. The summed E-state index contributed by atoms with van der Waals surface area (Å²) in [6.07, 6.45) is 0. The molecule has 40 heavy (non-hydrogen) atoms. The fourth-order valence-electron chi connectivity index (χ4n) is 4.33. The van der Waals surface area contributed by atoms with E-state index < -0.39 is 33.9 Å². The normalized spacial score (nSPS) is 11.8. The molecule has 0 fully saturated rings. The van der Waals surface area contributed by atoms with Gasteiger partial charge in [0.05, 0.1) is 22.5 Å². The maximum atomic E-state index is 13.6. The number of ketones is 2. The molecular formula is C30H16Cl2N2O6. The first-order valence-electron chi connectivity index (χ1n) is 11.7. The molecule has 10 heteroatoms. The number of fused-ring (bicyclic) bond motifs is 2. The molecule has 0 spiro atoms. The van der Waals surface area contributed by atoms with Gasteiger partial charge in [0.25, 0.3) is 22.3 Å². The zero-order chi connectivity index (χ0) is 28.6. The van der Waals surface area contributed by atoms with Crippen molar-refractivity contribution >= 4 is 68.4 Å². The van der Waals surface area contributed by atoms with E-state index in [2.05, 4.69) is 10.6 Å². The number of carbonyl (C=O) groups is 6. The van der Waals surface area contributed by atoms with Gasteiger partial charge in [-0.05, 0) is 83.9 Å². The number of nitrogens with one attached hydrogen (secondary N) is 2. The van der Waals surface area contributed by atoms with Crippen molar-refractivity contribution in [1.29, 1.82) is 0 Å². The molecule has 0 radical (unpaired) electrons. The highest BCUT2D eigenvalue weighted by Gasteiger charge is 2.34. The van der Waals surface area contributed by atoms with Gasteiger partial charge >= 0.3 is 0 Å². The number of carbonyl (C=O) groups excluding carboxylic acids is 6. The SMILES string of the molecule is O=C(Cl)c1ccc(C(=O)Nc2ccc(NC(=O)c3ccc(C(=O)Cl)cc3)c3c2C(=O)c2ccccc2C3=O)cc1. The van der Waals surface area contributed by atoms with E-state index in [-0.39, 0.29) is 55.9 Å². The monoisotopic (exact) mass is 570 g/mol. The highest BCUT2D eigenvalue weighted by atomic mass is 35.5. The predicted octanol–water partition coefficient (Wildman–Crippen LogP) is 5.72. The summed E-state index contributed by atoms with van der Waals surface area (Å²) < 4.78 is 0. The molecule has 0 saturated heterocycles. The second-order valence-corrected chi connectivity index (χ2v) is 9.41. The van der Waals surface area contributed by atoms with Crippen LogP contribution >= 0.6 is 23.2 Å². The van der Waals surface area contributed by atoms with E-state index in [9.17, 15) is 28.8 Å². The summed E-state index contributed by atoms with van der Waals surface area (Å²) in [7, 11) is 0. The van der Waals surface area contributed by atoms with Crippen LogP contribution in [0.1, 0.15) is 73.3 Å². The van der Waals surface area contributed by atoms with Gasteiger partial charge < -0.3 is 10.6 Å². The first kappa shape index (κ1) is 26.7. The van der Waals surface area contributed by atoms with Crippen LogP contribution in [0.4, 0.5) is 11.4 Å². The van der Waals surface area contributed by atoms with E-state index in [4.69, 9.17) is 23.2 Å². The minimum absolute atomic E-state index is 0.0633. The minimum Gasteiger partial charge on any atom is -0.321 e. The summed E-state index contributed by atoms with van der Waals surface area (Å²) in [6, 6.07) is 20.2. The van der Waals surface area contributed by atoms with E-state index in [1.54, 1.807) is 12.1 Å². The first-order chi connectivity index (χ1) is 19.2. The molecule has 4 aromatic rings. The Morgan fingerprint density at radius 2 is 0.800 bits per heavy atom. The molecule has 0 aromatic heterocycles. The minimum atomic E-state index is -0.676. The Hall–Kier alpha value is -4.92. The van der Waals surface area contributed by atoms with Gasteiger partial charge in [-0.2, -0.15) is 0 Å². The number of hydrogen-bond donors (Lipinski definition) is 2. The van der Waals surface area contributed by atoms with Crippen molar-refractivity contribution in [2.75, 3.05) is 10.6 Å². The Labute approximate surface area is 236 Å². The molecule has 0 atom stereocenters. The lowest BCUT2D eigenvalue weighted by Gasteiger charge is -2.23. The lowest BCUT2D eigenvalue weighted by Crippen LogP contribution is -2.26. The maximum absolute atomic E-state index is 13.6. The van der Waals surface area contributed by atoms with E-state index in [0.29, 0.717) is 0 Å². The third-order valence-electron chi connectivity index (χ3n) is 6.32. The average Bonchev–Trinajstić information content (AvgIpc) is 2.96. The summed E-state index contributed by atoms with van der Waals surface area (Å²) >= 11 is 10.9. The lowest BCUT2D eigenvalue weighted by molar-refractivity contribution is 0.0977. The number of halogens is 2. The van der Waals surface area contributed by atoms with Crippen molar-refractivity contribution in [3.05, 3.63) is 129 Å². The smallest absolute Gasteiger partial charge is 0.255 e. The summed E-state index contributed by atoms with van der Waals surface area (Å²) in [5.74, 6) is -2.21. The second-order valence-electron chi connectivity index (χ2n) is 8.72. The Morgan fingerprint density at radius 3 is 1.12 bits per heavy atom. The molecule has 0 saturated carbocycles. The fourth-order valence-corrected chi connectivity index (χ4v) is 4.58. The average molecular weight is 571 g/mol.